The molecule has 1 aromatic rings. The van der Waals surface area contributed by atoms with E-state index in [1.807, 2.05) is 0 Å². The molecule has 0 saturated heterocycles. The number of nitrogens with two attached hydrogens (primary N) is 1. The summed E-state index contributed by atoms with van der Waals surface area (Å²) in [7, 11) is 0. The topological polar surface area (TPSA) is 64.3 Å². The van der Waals surface area contributed by atoms with Crippen molar-refractivity contribution >= 4 is 11.6 Å². The van der Waals surface area contributed by atoms with Crippen molar-refractivity contribution in [3.63, 3.8) is 0 Å². The van der Waals surface area contributed by atoms with Crippen LogP contribution in [0.4, 0.5) is 18.9 Å². The van der Waals surface area contributed by atoms with Crippen LogP contribution in [0.3, 0.4) is 0 Å². The summed E-state index contributed by atoms with van der Waals surface area (Å²) in [5, 5.41) is 2.52. The minimum absolute atomic E-state index is 0.0305. The minimum Gasteiger partial charge on any atom is -0.484 e. The molecule has 0 bridgehead atoms. The fourth-order valence-corrected chi connectivity index (χ4v) is 1.24. The van der Waals surface area contributed by atoms with E-state index in [1.165, 1.54) is 19.1 Å². The molecule has 106 valence electrons. The van der Waals surface area contributed by atoms with Crippen LogP contribution in [0.2, 0.25) is 0 Å². The first-order chi connectivity index (χ1) is 8.69. The van der Waals surface area contributed by atoms with Crippen LogP contribution in [0.1, 0.15) is 12.5 Å². The van der Waals surface area contributed by atoms with Crippen LogP contribution < -0.4 is 15.8 Å². The molecule has 0 heterocycles. The zero-order chi connectivity index (χ0) is 14.6. The van der Waals surface area contributed by atoms with Crippen LogP contribution >= 0.6 is 0 Å². The third-order valence-electron chi connectivity index (χ3n) is 2.28. The molecule has 7 heteroatoms. The molecule has 0 spiro atoms. The summed E-state index contributed by atoms with van der Waals surface area (Å²) >= 11 is 0. The first-order valence-electron chi connectivity index (χ1n) is 5.55. The Morgan fingerprint density at radius 2 is 2.11 bits per heavy atom. The maximum Gasteiger partial charge on any atom is 0.422 e. The highest BCUT2D eigenvalue weighted by Gasteiger charge is 2.28. The van der Waals surface area contributed by atoms with E-state index in [4.69, 9.17) is 5.73 Å². The summed E-state index contributed by atoms with van der Waals surface area (Å²) in [6.45, 7) is 1.84. The maximum atomic E-state index is 12.0. The first-order valence-corrected chi connectivity index (χ1v) is 5.55. The molecule has 1 unspecified atom stereocenters. The highest BCUT2D eigenvalue weighted by atomic mass is 19.4. The van der Waals surface area contributed by atoms with Gasteiger partial charge in [0.1, 0.15) is 5.75 Å². The minimum atomic E-state index is -4.40. The Balaban J connectivity index is 2.80. The number of carbonyl (C=O) groups excluding carboxylic acids is 1. The van der Waals surface area contributed by atoms with Gasteiger partial charge in [-0.2, -0.15) is 13.2 Å². The van der Waals surface area contributed by atoms with Crippen molar-refractivity contribution in [2.24, 2.45) is 5.73 Å². The molecule has 1 atom stereocenters. The van der Waals surface area contributed by atoms with E-state index in [0.717, 1.165) is 0 Å². The molecule has 4 nitrogen and oxygen atoms in total. The van der Waals surface area contributed by atoms with Gasteiger partial charge in [-0.25, -0.2) is 0 Å². The smallest absolute Gasteiger partial charge is 0.422 e. The van der Waals surface area contributed by atoms with E-state index in [2.05, 4.69) is 10.1 Å². The van der Waals surface area contributed by atoms with Gasteiger partial charge in [0.15, 0.2) is 6.61 Å². The Bertz CT molecular complexity index is 459. The molecule has 0 aliphatic heterocycles. The number of nitrogens with one attached hydrogen (secondary N) is 1. The Labute approximate surface area is 108 Å². The predicted octanol–water partition coefficient (Wildman–Crippen LogP) is 2.22. The van der Waals surface area contributed by atoms with Gasteiger partial charge in [-0.15, -0.1) is 0 Å². The summed E-state index contributed by atoms with van der Waals surface area (Å²) in [6, 6.07) is 3.59. The fraction of sp³-hybridized carbons (Fsp3) is 0.417. The zero-order valence-corrected chi connectivity index (χ0v) is 10.5. The lowest BCUT2D eigenvalue weighted by Crippen LogP contribution is -2.32. The lowest BCUT2D eigenvalue weighted by Gasteiger charge is -2.13. The van der Waals surface area contributed by atoms with Crippen LogP contribution in [0, 0.1) is 6.92 Å². The van der Waals surface area contributed by atoms with Gasteiger partial charge in [0, 0.05) is 11.8 Å². The second kappa shape index (κ2) is 5.92. The van der Waals surface area contributed by atoms with Crippen molar-refractivity contribution < 1.29 is 22.7 Å². The summed E-state index contributed by atoms with van der Waals surface area (Å²) in [4.78, 5) is 11.4. The summed E-state index contributed by atoms with van der Waals surface area (Å²) in [5.41, 5.74) is 6.47. The van der Waals surface area contributed by atoms with E-state index in [9.17, 15) is 18.0 Å². The number of ether oxygens (including phenoxy) is 1. The SMILES string of the molecule is Cc1ccc(OCC(F)(F)F)cc1NC(=O)C(C)N. The number of alkyl halides is 3. The standard InChI is InChI=1S/C12H15F3N2O2/c1-7-3-4-9(19-6-12(13,14)15)5-10(7)17-11(18)8(2)16/h3-5,8H,6,16H2,1-2H3,(H,17,18). The number of hydrogen-bond donors (Lipinski definition) is 2. The quantitative estimate of drug-likeness (QED) is 0.886. The molecule has 1 amide bonds. The number of benzene rings is 1. The van der Waals surface area contributed by atoms with Gasteiger partial charge in [-0.05, 0) is 25.5 Å². The number of carbonyl (C=O) groups is 1. The van der Waals surface area contributed by atoms with Gasteiger partial charge in [0.2, 0.25) is 5.91 Å². The van der Waals surface area contributed by atoms with E-state index in [0.29, 0.717) is 11.3 Å². The van der Waals surface area contributed by atoms with Crippen LogP contribution in [0.15, 0.2) is 18.2 Å². The zero-order valence-electron chi connectivity index (χ0n) is 10.5. The highest BCUT2D eigenvalue weighted by Crippen LogP contribution is 2.24. The molecular formula is C12H15F3N2O2. The van der Waals surface area contributed by atoms with Gasteiger partial charge in [-0.1, -0.05) is 6.07 Å². The molecule has 0 aromatic heterocycles. The maximum absolute atomic E-state index is 12.0. The molecule has 0 saturated carbocycles. The van der Waals surface area contributed by atoms with Crippen molar-refractivity contribution in [1.29, 1.82) is 0 Å². The Kier molecular flexibility index (Phi) is 4.77. The number of halogens is 3. The van der Waals surface area contributed by atoms with Crippen molar-refractivity contribution in [3.8, 4) is 5.75 Å². The normalized spacial score (nSPS) is 12.9. The molecule has 0 radical (unpaired) electrons. The van der Waals surface area contributed by atoms with E-state index >= 15 is 0 Å². The third kappa shape index (κ3) is 5.17. The number of hydrogen-bond acceptors (Lipinski definition) is 3. The lowest BCUT2D eigenvalue weighted by molar-refractivity contribution is -0.153. The second-order valence-corrected chi connectivity index (χ2v) is 4.16. The van der Waals surface area contributed by atoms with Crippen molar-refractivity contribution in [1.82, 2.24) is 0 Å². The van der Waals surface area contributed by atoms with E-state index in [1.54, 1.807) is 13.0 Å². The number of rotatable bonds is 4. The Hall–Kier alpha value is -1.76. The molecule has 19 heavy (non-hydrogen) atoms. The number of anilines is 1. The largest absolute Gasteiger partial charge is 0.484 e. The summed E-state index contributed by atoms with van der Waals surface area (Å²) < 4.78 is 40.7. The van der Waals surface area contributed by atoms with Crippen LogP contribution in [0.5, 0.6) is 5.75 Å². The Morgan fingerprint density at radius 3 is 2.63 bits per heavy atom. The second-order valence-electron chi connectivity index (χ2n) is 4.16. The monoisotopic (exact) mass is 276 g/mol. The van der Waals surface area contributed by atoms with Crippen LogP contribution in [-0.4, -0.2) is 24.7 Å². The van der Waals surface area contributed by atoms with Crippen molar-refractivity contribution in [2.75, 3.05) is 11.9 Å². The Morgan fingerprint density at radius 1 is 1.47 bits per heavy atom. The number of aryl methyl sites for hydroxylation is 1. The average Bonchev–Trinajstić information content (AvgIpc) is 2.28. The molecule has 0 fully saturated rings. The summed E-state index contributed by atoms with van der Waals surface area (Å²) in [5.74, 6) is -0.390. The fourth-order valence-electron chi connectivity index (χ4n) is 1.24. The lowest BCUT2D eigenvalue weighted by atomic mass is 10.2. The van der Waals surface area contributed by atoms with E-state index < -0.39 is 24.7 Å². The van der Waals surface area contributed by atoms with Crippen molar-refractivity contribution in [3.05, 3.63) is 23.8 Å². The van der Waals surface area contributed by atoms with Crippen LogP contribution in [0.25, 0.3) is 0 Å². The molecule has 1 rings (SSSR count). The van der Waals surface area contributed by atoms with E-state index in [-0.39, 0.29) is 5.75 Å². The van der Waals surface area contributed by atoms with Crippen molar-refractivity contribution in [2.45, 2.75) is 26.1 Å². The first kappa shape index (κ1) is 15.3. The predicted molar refractivity (Wildman–Crippen MR) is 65.0 cm³/mol. The molecular weight excluding hydrogens is 261 g/mol. The molecule has 0 aliphatic carbocycles. The van der Waals surface area contributed by atoms with Gasteiger partial charge in [0.05, 0.1) is 6.04 Å². The van der Waals surface area contributed by atoms with Gasteiger partial charge < -0.3 is 15.8 Å². The third-order valence-corrected chi connectivity index (χ3v) is 2.28. The molecule has 0 aliphatic rings. The highest BCUT2D eigenvalue weighted by molar-refractivity contribution is 5.95. The van der Waals surface area contributed by atoms with Gasteiger partial charge in [0.25, 0.3) is 0 Å². The van der Waals surface area contributed by atoms with Crippen LogP contribution in [-0.2, 0) is 4.79 Å². The number of amides is 1. The molecule has 3 N–H and O–H groups in total. The molecule has 1 aromatic carbocycles. The van der Waals surface area contributed by atoms with Gasteiger partial charge in [-0.3, -0.25) is 4.79 Å². The average molecular weight is 276 g/mol. The van der Waals surface area contributed by atoms with Gasteiger partial charge >= 0.3 is 6.18 Å². The summed E-state index contributed by atoms with van der Waals surface area (Å²) in [6.07, 6.45) is -4.40.